The summed E-state index contributed by atoms with van der Waals surface area (Å²) in [5.41, 5.74) is 1.80. The molecule has 32 heavy (non-hydrogen) atoms. The van der Waals surface area contributed by atoms with Crippen LogP contribution < -0.4 is 4.74 Å². The van der Waals surface area contributed by atoms with E-state index in [2.05, 4.69) is 10.2 Å². The second kappa shape index (κ2) is 9.94. The van der Waals surface area contributed by atoms with Crippen LogP contribution in [-0.2, 0) is 19.5 Å². The fourth-order valence-corrected chi connectivity index (χ4v) is 4.61. The first kappa shape index (κ1) is 22.0. The number of H-pyrrole nitrogens is 1. The summed E-state index contributed by atoms with van der Waals surface area (Å²) in [5.74, 6) is -0.0508. The number of carbonyl (C=O) groups is 1. The Kier molecular flexibility index (Phi) is 6.84. The number of aromatic amines is 1. The Bertz CT molecular complexity index is 1140. The zero-order valence-corrected chi connectivity index (χ0v) is 18.1. The van der Waals surface area contributed by atoms with Gasteiger partial charge in [0.15, 0.2) is 0 Å². The number of morpholine rings is 1. The molecule has 10 heteroatoms. The Balaban J connectivity index is 1.25. The van der Waals surface area contributed by atoms with Gasteiger partial charge in [-0.2, -0.15) is 9.40 Å². The third-order valence-electron chi connectivity index (χ3n) is 4.88. The number of ether oxygens (including phenoxy) is 3. The molecule has 1 fully saturated rings. The summed E-state index contributed by atoms with van der Waals surface area (Å²) in [5, 5.41) is 6.80. The lowest BCUT2D eigenvalue weighted by Crippen LogP contribution is -2.40. The highest BCUT2D eigenvalue weighted by Gasteiger charge is 2.26. The molecule has 0 saturated carbocycles. The number of nitrogens with zero attached hydrogens (tertiary/aromatic N) is 2. The molecule has 1 aromatic heterocycles. The molecule has 1 aliphatic rings. The molecular weight excluding hydrogens is 434 g/mol. The summed E-state index contributed by atoms with van der Waals surface area (Å²) >= 11 is 0. The Morgan fingerprint density at radius 1 is 1.03 bits per heavy atom. The lowest BCUT2D eigenvalue weighted by molar-refractivity contribution is 0.0443. The molecule has 0 unspecified atom stereocenters. The maximum absolute atomic E-state index is 12.6. The first-order chi connectivity index (χ1) is 15.5. The van der Waals surface area contributed by atoms with Crippen molar-refractivity contribution >= 4 is 16.0 Å². The van der Waals surface area contributed by atoms with Crippen LogP contribution >= 0.6 is 0 Å². The highest BCUT2D eigenvalue weighted by atomic mass is 32.2. The summed E-state index contributed by atoms with van der Waals surface area (Å²) in [6.07, 6.45) is 0. The smallest absolute Gasteiger partial charge is 0.356 e. The molecule has 0 bridgehead atoms. The predicted molar refractivity (Wildman–Crippen MR) is 116 cm³/mol. The van der Waals surface area contributed by atoms with Crippen molar-refractivity contribution in [2.75, 3.05) is 39.5 Å². The van der Waals surface area contributed by atoms with Crippen LogP contribution in [0.15, 0.2) is 65.6 Å². The highest BCUT2D eigenvalue weighted by Crippen LogP contribution is 2.21. The Morgan fingerprint density at radius 2 is 1.75 bits per heavy atom. The number of sulfonamides is 1. The maximum Gasteiger partial charge on any atom is 0.356 e. The van der Waals surface area contributed by atoms with Crippen LogP contribution in [0.25, 0.3) is 11.3 Å². The normalized spacial score (nSPS) is 14.8. The third kappa shape index (κ3) is 5.16. The lowest BCUT2D eigenvalue weighted by Gasteiger charge is -2.26. The Hall–Kier alpha value is -3.21. The molecule has 4 rings (SSSR count). The first-order valence-electron chi connectivity index (χ1n) is 10.1. The van der Waals surface area contributed by atoms with Crippen molar-refractivity contribution in [3.8, 4) is 17.0 Å². The van der Waals surface area contributed by atoms with E-state index in [1.165, 1.54) is 16.4 Å². The van der Waals surface area contributed by atoms with E-state index >= 15 is 0 Å². The first-order valence-corrected chi connectivity index (χ1v) is 11.6. The van der Waals surface area contributed by atoms with Crippen molar-refractivity contribution in [2.45, 2.75) is 4.90 Å². The monoisotopic (exact) mass is 457 g/mol. The number of rotatable bonds is 8. The molecule has 1 N–H and O–H groups in total. The summed E-state index contributed by atoms with van der Waals surface area (Å²) < 4.78 is 42.6. The summed E-state index contributed by atoms with van der Waals surface area (Å²) in [6.45, 7) is 1.63. The van der Waals surface area contributed by atoms with Crippen LogP contribution in [0.5, 0.6) is 5.75 Å². The number of hydrogen-bond acceptors (Lipinski definition) is 7. The minimum atomic E-state index is -3.54. The van der Waals surface area contributed by atoms with E-state index in [0.29, 0.717) is 37.7 Å². The minimum Gasteiger partial charge on any atom is -0.490 e. The molecule has 0 spiro atoms. The molecule has 3 aromatic rings. The number of carbonyl (C=O) groups excluding carboxylic acids is 1. The van der Waals surface area contributed by atoms with Gasteiger partial charge in [-0.3, -0.25) is 5.10 Å². The van der Waals surface area contributed by atoms with Crippen molar-refractivity contribution < 1.29 is 27.4 Å². The zero-order valence-electron chi connectivity index (χ0n) is 17.3. The number of benzene rings is 2. The van der Waals surface area contributed by atoms with Crippen molar-refractivity contribution in [3.63, 3.8) is 0 Å². The standard InChI is InChI=1S/C22H23N3O6S/c26-22(21-16-20(23-24-21)17-4-2-1-3-5-17)31-15-14-30-18-6-8-19(9-7-18)32(27,28)25-10-12-29-13-11-25/h1-9,16H,10-15H2,(H,23,24). The van der Waals surface area contributed by atoms with E-state index in [1.807, 2.05) is 30.3 Å². The van der Waals surface area contributed by atoms with Gasteiger partial charge in [0.2, 0.25) is 10.0 Å². The molecule has 0 radical (unpaired) electrons. The SMILES string of the molecule is O=C(OCCOc1ccc(S(=O)(=O)N2CCOCC2)cc1)c1cc(-c2ccccc2)n[nH]1. The van der Waals surface area contributed by atoms with Crippen LogP contribution in [-0.4, -0.2) is 68.4 Å². The Labute approximate surface area is 186 Å². The molecule has 168 valence electrons. The van der Waals surface area contributed by atoms with Crippen molar-refractivity contribution in [3.05, 3.63) is 66.4 Å². The van der Waals surface area contributed by atoms with Gasteiger partial charge in [0.1, 0.15) is 24.7 Å². The molecule has 1 aliphatic heterocycles. The van der Waals surface area contributed by atoms with E-state index < -0.39 is 16.0 Å². The fraction of sp³-hybridized carbons (Fsp3) is 0.273. The van der Waals surface area contributed by atoms with Gasteiger partial charge < -0.3 is 14.2 Å². The topological polar surface area (TPSA) is 111 Å². The molecule has 1 saturated heterocycles. The maximum atomic E-state index is 12.6. The van der Waals surface area contributed by atoms with Crippen LogP contribution in [0.3, 0.4) is 0 Å². The lowest BCUT2D eigenvalue weighted by atomic mass is 10.1. The van der Waals surface area contributed by atoms with Crippen LogP contribution in [0.2, 0.25) is 0 Å². The molecule has 9 nitrogen and oxygen atoms in total. The molecule has 2 heterocycles. The van der Waals surface area contributed by atoms with Gasteiger partial charge in [-0.25, -0.2) is 13.2 Å². The predicted octanol–water partition coefficient (Wildman–Crippen LogP) is 2.33. The van der Waals surface area contributed by atoms with Crippen LogP contribution in [0.4, 0.5) is 0 Å². The van der Waals surface area contributed by atoms with Gasteiger partial charge in [-0.15, -0.1) is 0 Å². The van der Waals surface area contributed by atoms with Crippen LogP contribution in [0, 0.1) is 0 Å². The number of hydrogen-bond donors (Lipinski definition) is 1. The van der Waals surface area contributed by atoms with E-state index in [-0.39, 0.29) is 23.8 Å². The molecule has 0 aliphatic carbocycles. The molecule has 2 aromatic carbocycles. The average molecular weight is 458 g/mol. The second-order valence-electron chi connectivity index (χ2n) is 7.01. The Morgan fingerprint density at radius 3 is 2.47 bits per heavy atom. The summed E-state index contributed by atoms with van der Waals surface area (Å²) in [4.78, 5) is 12.4. The number of nitrogens with one attached hydrogen (secondary N) is 1. The molecule has 0 amide bonds. The van der Waals surface area contributed by atoms with Gasteiger partial charge >= 0.3 is 5.97 Å². The number of aromatic nitrogens is 2. The summed E-state index contributed by atoms with van der Waals surface area (Å²) in [6, 6.07) is 17.3. The fourth-order valence-electron chi connectivity index (χ4n) is 3.20. The second-order valence-corrected chi connectivity index (χ2v) is 8.94. The molecule has 0 atom stereocenters. The van der Waals surface area contributed by atoms with Crippen LogP contribution in [0.1, 0.15) is 10.5 Å². The average Bonchev–Trinajstić information content (AvgIpc) is 3.34. The summed E-state index contributed by atoms with van der Waals surface area (Å²) in [7, 11) is -3.54. The number of esters is 1. The van der Waals surface area contributed by atoms with Gasteiger partial charge in [0.25, 0.3) is 0 Å². The van der Waals surface area contributed by atoms with Gasteiger partial charge in [0, 0.05) is 18.7 Å². The van der Waals surface area contributed by atoms with E-state index in [4.69, 9.17) is 14.2 Å². The highest BCUT2D eigenvalue weighted by molar-refractivity contribution is 7.89. The third-order valence-corrected chi connectivity index (χ3v) is 6.80. The van der Waals surface area contributed by atoms with Crippen molar-refractivity contribution in [1.29, 1.82) is 0 Å². The largest absolute Gasteiger partial charge is 0.490 e. The van der Waals surface area contributed by atoms with E-state index in [0.717, 1.165) is 5.56 Å². The van der Waals surface area contributed by atoms with Crippen molar-refractivity contribution in [1.82, 2.24) is 14.5 Å². The molecular formula is C22H23N3O6S. The quantitative estimate of drug-likeness (QED) is 0.408. The zero-order chi connectivity index (χ0) is 22.4. The van der Waals surface area contributed by atoms with E-state index in [9.17, 15) is 13.2 Å². The van der Waals surface area contributed by atoms with Gasteiger partial charge in [-0.05, 0) is 30.3 Å². The van der Waals surface area contributed by atoms with Crippen molar-refractivity contribution in [2.24, 2.45) is 0 Å². The minimum absolute atomic E-state index is 0.0341. The van der Waals surface area contributed by atoms with Gasteiger partial charge in [-0.1, -0.05) is 30.3 Å². The van der Waals surface area contributed by atoms with E-state index in [1.54, 1.807) is 18.2 Å². The van der Waals surface area contributed by atoms with Gasteiger partial charge in [0.05, 0.1) is 23.8 Å².